The fraction of sp³-hybridized carbons (Fsp3) is 0.286. The Morgan fingerprint density at radius 3 is 2.45 bits per heavy atom. The summed E-state index contributed by atoms with van der Waals surface area (Å²) < 4.78 is 28.3. The number of hydrogen-bond acceptors (Lipinski definition) is 3. The molecule has 108 valence electrons. The van der Waals surface area contributed by atoms with E-state index in [0.717, 1.165) is 9.86 Å². The van der Waals surface area contributed by atoms with E-state index in [-0.39, 0.29) is 11.5 Å². The summed E-state index contributed by atoms with van der Waals surface area (Å²) in [4.78, 5) is 0.225. The van der Waals surface area contributed by atoms with Crippen molar-refractivity contribution in [3.63, 3.8) is 0 Å². The van der Waals surface area contributed by atoms with Gasteiger partial charge in [-0.3, -0.25) is 0 Å². The second kappa shape index (κ2) is 6.22. The Hall–Kier alpha value is -0.950. The molecule has 0 spiro atoms. The molecule has 0 fully saturated rings. The molecule has 0 aliphatic heterocycles. The second-order valence-corrected chi connectivity index (χ2v) is 7.04. The minimum Gasteiger partial charge on any atom is -0.395 e. The van der Waals surface area contributed by atoms with Crippen LogP contribution in [0.1, 0.15) is 13.3 Å². The Bertz CT molecular complexity index is 711. The normalized spacial score (nSPS) is 13.6. The molecule has 2 rings (SSSR count). The number of halogens is 1. The minimum absolute atomic E-state index is 0.218. The zero-order chi connectivity index (χ0) is 14.8. The van der Waals surface area contributed by atoms with Crippen LogP contribution < -0.4 is 4.72 Å². The monoisotopic (exact) mass is 357 g/mol. The van der Waals surface area contributed by atoms with Crippen molar-refractivity contribution in [1.29, 1.82) is 0 Å². The van der Waals surface area contributed by atoms with Gasteiger partial charge >= 0.3 is 0 Å². The first kappa shape index (κ1) is 15.4. The molecule has 0 saturated carbocycles. The van der Waals surface area contributed by atoms with Gasteiger partial charge in [0.25, 0.3) is 0 Å². The lowest BCUT2D eigenvalue weighted by Gasteiger charge is -2.16. The van der Waals surface area contributed by atoms with Gasteiger partial charge in [0.05, 0.1) is 11.5 Å². The van der Waals surface area contributed by atoms with Crippen LogP contribution in [0, 0.1) is 0 Å². The Morgan fingerprint density at radius 2 is 1.85 bits per heavy atom. The molecule has 2 aromatic rings. The van der Waals surface area contributed by atoms with Crippen LogP contribution in [0.15, 0.2) is 45.8 Å². The van der Waals surface area contributed by atoms with Crippen LogP contribution in [0.4, 0.5) is 0 Å². The maximum absolute atomic E-state index is 12.4. The number of aliphatic hydroxyl groups excluding tert-OH is 1. The zero-order valence-electron chi connectivity index (χ0n) is 11.0. The van der Waals surface area contributed by atoms with Crippen molar-refractivity contribution < 1.29 is 13.5 Å². The topological polar surface area (TPSA) is 66.4 Å². The minimum atomic E-state index is -3.66. The Morgan fingerprint density at radius 1 is 1.20 bits per heavy atom. The Balaban J connectivity index is 2.55. The van der Waals surface area contributed by atoms with E-state index in [2.05, 4.69) is 20.7 Å². The lowest BCUT2D eigenvalue weighted by molar-refractivity contribution is 0.254. The summed E-state index contributed by atoms with van der Waals surface area (Å²) in [6.07, 6.45) is 0.532. The van der Waals surface area contributed by atoms with Crippen LogP contribution in [0.3, 0.4) is 0 Å². The van der Waals surface area contributed by atoms with Gasteiger partial charge in [-0.15, -0.1) is 0 Å². The number of sulfonamides is 1. The summed E-state index contributed by atoms with van der Waals surface area (Å²) in [6, 6.07) is 10.1. The van der Waals surface area contributed by atoms with Crippen molar-refractivity contribution in [2.24, 2.45) is 0 Å². The van der Waals surface area contributed by atoms with E-state index in [1.807, 2.05) is 19.1 Å². The van der Waals surface area contributed by atoms with Gasteiger partial charge in [0, 0.05) is 15.9 Å². The molecule has 20 heavy (non-hydrogen) atoms. The average Bonchev–Trinajstić information content (AvgIpc) is 2.45. The molecule has 2 aromatic carbocycles. The predicted octanol–water partition coefficient (Wildman–Crippen LogP) is 2.65. The SMILES string of the molecule is CCC(CO)NS(=O)(=O)c1ccc(Br)c2ccccc12. The van der Waals surface area contributed by atoms with E-state index >= 15 is 0 Å². The van der Waals surface area contributed by atoms with Crippen LogP contribution in [0.2, 0.25) is 0 Å². The summed E-state index contributed by atoms with van der Waals surface area (Å²) in [5.74, 6) is 0. The van der Waals surface area contributed by atoms with Gasteiger partial charge < -0.3 is 5.11 Å². The molecule has 0 aliphatic rings. The molecule has 4 nitrogen and oxygen atoms in total. The Labute approximate surface area is 127 Å². The van der Waals surface area contributed by atoms with Crippen molar-refractivity contribution in [3.05, 3.63) is 40.9 Å². The summed E-state index contributed by atoms with van der Waals surface area (Å²) in [6.45, 7) is 1.60. The van der Waals surface area contributed by atoms with Gasteiger partial charge in [0.2, 0.25) is 10.0 Å². The molecule has 1 unspecified atom stereocenters. The maximum atomic E-state index is 12.4. The molecule has 0 radical (unpaired) electrons. The highest BCUT2D eigenvalue weighted by molar-refractivity contribution is 9.10. The molecule has 0 amide bonds. The van der Waals surface area contributed by atoms with Crippen LogP contribution in [-0.4, -0.2) is 26.2 Å². The number of rotatable bonds is 5. The molecule has 0 heterocycles. The van der Waals surface area contributed by atoms with Crippen molar-refractivity contribution >= 4 is 36.7 Å². The highest BCUT2D eigenvalue weighted by Gasteiger charge is 2.21. The molecule has 0 saturated heterocycles. The van der Waals surface area contributed by atoms with Crippen molar-refractivity contribution in [1.82, 2.24) is 4.72 Å². The maximum Gasteiger partial charge on any atom is 0.241 e. The fourth-order valence-corrected chi connectivity index (χ4v) is 4.00. The van der Waals surface area contributed by atoms with Gasteiger partial charge in [-0.25, -0.2) is 13.1 Å². The smallest absolute Gasteiger partial charge is 0.241 e. The van der Waals surface area contributed by atoms with Crippen LogP contribution in [-0.2, 0) is 10.0 Å². The number of benzene rings is 2. The van der Waals surface area contributed by atoms with Crippen LogP contribution in [0.5, 0.6) is 0 Å². The molecule has 0 aromatic heterocycles. The third kappa shape index (κ3) is 3.03. The van der Waals surface area contributed by atoms with Crippen LogP contribution in [0.25, 0.3) is 10.8 Å². The first-order valence-corrected chi connectivity index (χ1v) is 8.57. The number of nitrogens with one attached hydrogen (secondary N) is 1. The van der Waals surface area contributed by atoms with E-state index in [4.69, 9.17) is 5.11 Å². The fourth-order valence-electron chi connectivity index (χ4n) is 2.00. The van der Waals surface area contributed by atoms with E-state index in [0.29, 0.717) is 11.8 Å². The van der Waals surface area contributed by atoms with Gasteiger partial charge in [-0.05, 0) is 23.9 Å². The molecular weight excluding hydrogens is 342 g/mol. The summed E-state index contributed by atoms with van der Waals surface area (Å²) in [5.41, 5.74) is 0. The van der Waals surface area contributed by atoms with Gasteiger partial charge in [-0.2, -0.15) is 0 Å². The van der Waals surface area contributed by atoms with E-state index in [1.54, 1.807) is 24.3 Å². The first-order chi connectivity index (χ1) is 9.49. The highest BCUT2D eigenvalue weighted by Crippen LogP contribution is 2.29. The van der Waals surface area contributed by atoms with E-state index in [9.17, 15) is 8.42 Å². The third-order valence-corrected chi connectivity index (χ3v) is 5.43. The van der Waals surface area contributed by atoms with Crippen molar-refractivity contribution in [2.45, 2.75) is 24.3 Å². The molecular formula is C14H16BrNO3S. The molecule has 0 bridgehead atoms. The van der Waals surface area contributed by atoms with Gasteiger partial charge in [0.15, 0.2) is 0 Å². The molecule has 6 heteroatoms. The van der Waals surface area contributed by atoms with Crippen LogP contribution >= 0.6 is 15.9 Å². The summed E-state index contributed by atoms with van der Waals surface area (Å²) >= 11 is 3.42. The summed E-state index contributed by atoms with van der Waals surface area (Å²) in [5, 5.41) is 10.7. The van der Waals surface area contributed by atoms with Gasteiger partial charge in [-0.1, -0.05) is 47.1 Å². The highest BCUT2D eigenvalue weighted by atomic mass is 79.9. The predicted molar refractivity (Wildman–Crippen MR) is 83.1 cm³/mol. The average molecular weight is 358 g/mol. The Kier molecular flexibility index (Phi) is 4.80. The lowest BCUT2D eigenvalue weighted by Crippen LogP contribution is -2.36. The van der Waals surface area contributed by atoms with E-state index in [1.165, 1.54) is 0 Å². The molecule has 2 N–H and O–H groups in total. The van der Waals surface area contributed by atoms with Crippen molar-refractivity contribution in [2.75, 3.05) is 6.61 Å². The first-order valence-electron chi connectivity index (χ1n) is 6.30. The largest absolute Gasteiger partial charge is 0.395 e. The summed E-state index contributed by atoms with van der Waals surface area (Å²) in [7, 11) is -3.66. The second-order valence-electron chi connectivity index (χ2n) is 4.50. The van der Waals surface area contributed by atoms with E-state index < -0.39 is 16.1 Å². The molecule has 1 atom stereocenters. The molecule has 0 aliphatic carbocycles. The van der Waals surface area contributed by atoms with Gasteiger partial charge in [0.1, 0.15) is 0 Å². The number of fused-ring (bicyclic) bond motifs is 1. The lowest BCUT2D eigenvalue weighted by atomic mass is 10.1. The van der Waals surface area contributed by atoms with Crippen molar-refractivity contribution in [3.8, 4) is 0 Å². The third-order valence-electron chi connectivity index (χ3n) is 3.16. The number of hydrogen-bond donors (Lipinski definition) is 2. The number of aliphatic hydroxyl groups is 1. The standard InChI is InChI=1S/C14H16BrNO3S/c1-2-10(9-17)16-20(18,19)14-8-7-13(15)11-5-3-4-6-12(11)14/h3-8,10,16-17H,2,9H2,1H3. The quantitative estimate of drug-likeness (QED) is 0.864. The zero-order valence-corrected chi connectivity index (χ0v) is 13.4.